The first-order valence-electron chi connectivity index (χ1n) is 5.66. The summed E-state index contributed by atoms with van der Waals surface area (Å²) in [5.41, 5.74) is 2.07. The highest BCUT2D eigenvalue weighted by Crippen LogP contribution is 2.49. The third-order valence-corrected chi connectivity index (χ3v) is 6.40. The quantitative estimate of drug-likeness (QED) is 0.699. The third kappa shape index (κ3) is 2.00. The first kappa shape index (κ1) is 10.9. The Balaban J connectivity index is 2.36. The van der Waals surface area contributed by atoms with Gasteiger partial charge in [-0.1, -0.05) is 6.92 Å². The fraction of sp³-hybridized carbons (Fsp3) is 0.538. The summed E-state index contributed by atoms with van der Waals surface area (Å²) in [5.74, 6) is 1.85. The van der Waals surface area contributed by atoms with E-state index in [0.29, 0.717) is 5.75 Å². The summed E-state index contributed by atoms with van der Waals surface area (Å²) in [5, 5.41) is 10.6. The molecule has 2 rings (SSSR count). The molecule has 1 fully saturated rings. The molecule has 0 amide bonds. The van der Waals surface area contributed by atoms with Crippen LogP contribution in [-0.2, 0) is 0 Å². The zero-order valence-corrected chi connectivity index (χ0v) is 10.6. The second-order valence-electron chi connectivity index (χ2n) is 4.61. The molecule has 1 nitrogen and oxygen atoms in total. The monoisotopic (exact) mass is 224 g/mol. The Morgan fingerprint density at radius 3 is 2.33 bits per heavy atom. The summed E-state index contributed by atoms with van der Waals surface area (Å²) in [4.78, 5) is 1.49. The fourth-order valence-corrected chi connectivity index (χ4v) is 5.36. The van der Waals surface area contributed by atoms with E-state index >= 15 is 0 Å². The van der Waals surface area contributed by atoms with Crippen molar-refractivity contribution in [3.05, 3.63) is 23.3 Å². The van der Waals surface area contributed by atoms with Crippen molar-refractivity contribution in [2.75, 3.05) is 5.75 Å². The van der Waals surface area contributed by atoms with Crippen LogP contribution in [0.3, 0.4) is 0 Å². The highest BCUT2D eigenvalue weighted by atomic mass is 32.2. The predicted molar refractivity (Wildman–Crippen MR) is 68.4 cm³/mol. The molecule has 2 unspecified atom stereocenters. The first-order valence-corrected chi connectivity index (χ1v) is 7.26. The van der Waals surface area contributed by atoms with Gasteiger partial charge in [0.1, 0.15) is 5.75 Å². The van der Waals surface area contributed by atoms with E-state index in [1.54, 1.807) is 0 Å². The number of aromatic hydroxyl groups is 1. The lowest BCUT2D eigenvalue weighted by molar-refractivity contribution is 0.466. The molecule has 1 aliphatic heterocycles. The molecule has 1 aliphatic rings. The molecular weight excluding hydrogens is 204 g/mol. The van der Waals surface area contributed by atoms with Crippen molar-refractivity contribution in [3.8, 4) is 5.75 Å². The van der Waals surface area contributed by atoms with Crippen molar-refractivity contribution in [1.29, 1.82) is 0 Å². The average Bonchev–Trinajstić information content (AvgIpc) is 2.60. The Hall–Kier alpha value is -0.630. The van der Waals surface area contributed by atoms with Gasteiger partial charge < -0.3 is 5.11 Å². The zero-order valence-electron chi connectivity index (χ0n) is 9.75. The van der Waals surface area contributed by atoms with Gasteiger partial charge >= 0.3 is 0 Å². The summed E-state index contributed by atoms with van der Waals surface area (Å²) in [7, 11) is 0.0427. The number of rotatable bonds is 1. The zero-order chi connectivity index (χ0) is 11.0. The number of benzene rings is 1. The van der Waals surface area contributed by atoms with Gasteiger partial charge in [-0.25, -0.2) is 10.9 Å². The molecule has 15 heavy (non-hydrogen) atoms. The van der Waals surface area contributed by atoms with Gasteiger partial charge in [-0.3, -0.25) is 0 Å². The summed E-state index contributed by atoms with van der Waals surface area (Å²) >= 11 is 0. The molecule has 84 valence electrons. The molecule has 0 aliphatic carbocycles. The van der Waals surface area contributed by atoms with Gasteiger partial charge in [0.05, 0.1) is 0 Å². The number of aryl methyl sites for hydroxylation is 2. The van der Waals surface area contributed by atoms with Crippen molar-refractivity contribution < 1.29 is 5.11 Å². The molecule has 1 N–H and O–H groups in total. The number of hydrogen-bond donors (Lipinski definition) is 2. The molecule has 1 heterocycles. The maximum Gasteiger partial charge on any atom is 0.121 e. The van der Waals surface area contributed by atoms with E-state index in [2.05, 4.69) is 19.1 Å². The minimum absolute atomic E-state index is 0.0427. The maximum atomic E-state index is 9.75. The van der Waals surface area contributed by atoms with Crippen LogP contribution in [0.25, 0.3) is 0 Å². The molecule has 0 saturated carbocycles. The molecule has 1 aromatic rings. The summed E-state index contributed by atoms with van der Waals surface area (Å²) in [6, 6.07) is 4.38. The van der Waals surface area contributed by atoms with Crippen LogP contribution in [0.1, 0.15) is 30.9 Å². The lowest BCUT2D eigenvalue weighted by atomic mass is 10.1. The highest BCUT2D eigenvalue weighted by molar-refractivity contribution is 8.17. The molecule has 0 spiro atoms. The molecule has 2 atom stereocenters. The van der Waals surface area contributed by atoms with Gasteiger partial charge in [0.15, 0.2) is 0 Å². The average molecular weight is 224 g/mol. The van der Waals surface area contributed by atoms with Crippen molar-refractivity contribution in [2.24, 2.45) is 0 Å². The second kappa shape index (κ2) is 4.09. The van der Waals surface area contributed by atoms with Crippen LogP contribution in [-0.4, -0.2) is 16.1 Å². The van der Waals surface area contributed by atoms with E-state index in [0.717, 1.165) is 16.4 Å². The third-order valence-electron chi connectivity index (χ3n) is 3.36. The van der Waals surface area contributed by atoms with Gasteiger partial charge in [-0.05, 0) is 65.8 Å². The van der Waals surface area contributed by atoms with Gasteiger partial charge in [0.25, 0.3) is 0 Å². The maximum absolute atomic E-state index is 9.75. The van der Waals surface area contributed by atoms with E-state index in [9.17, 15) is 5.11 Å². The Labute approximate surface area is 94.9 Å². The van der Waals surface area contributed by atoms with Crippen molar-refractivity contribution in [2.45, 2.75) is 43.8 Å². The molecule has 2 heteroatoms. The summed E-state index contributed by atoms with van der Waals surface area (Å²) in [6.07, 6.45) is 2.76. The lowest BCUT2D eigenvalue weighted by Crippen LogP contribution is -1.97. The SMILES string of the molecule is Cc1cc([SH]2CCCC2C)cc(C)c1O. The smallest absolute Gasteiger partial charge is 0.121 e. The van der Waals surface area contributed by atoms with Crippen LogP contribution >= 0.6 is 10.9 Å². The van der Waals surface area contributed by atoms with E-state index in [1.165, 1.54) is 23.5 Å². The van der Waals surface area contributed by atoms with Crippen molar-refractivity contribution in [3.63, 3.8) is 0 Å². The van der Waals surface area contributed by atoms with E-state index in [4.69, 9.17) is 0 Å². The van der Waals surface area contributed by atoms with E-state index in [-0.39, 0.29) is 10.9 Å². The Bertz CT molecular complexity index is 350. The minimum Gasteiger partial charge on any atom is -0.507 e. The number of phenolic OH excluding ortho intramolecular Hbond substituents is 1. The van der Waals surface area contributed by atoms with Crippen LogP contribution < -0.4 is 0 Å². The first-order chi connectivity index (χ1) is 7.09. The van der Waals surface area contributed by atoms with Crippen molar-refractivity contribution in [1.82, 2.24) is 0 Å². The Kier molecular flexibility index (Phi) is 2.96. The molecule has 0 bridgehead atoms. The molecular formula is C13H20OS. The number of thiol groups is 1. The fourth-order valence-electron chi connectivity index (χ4n) is 2.42. The molecule has 1 saturated heterocycles. The Morgan fingerprint density at radius 2 is 1.87 bits per heavy atom. The Morgan fingerprint density at radius 1 is 1.27 bits per heavy atom. The van der Waals surface area contributed by atoms with Crippen LogP contribution in [0, 0.1) is 13.8 Å². The molecule has 0 radical (unpaired) electrons. The van der Waals surface area contributed by atoms with Crippen LogP contribution in [0.5, 0.6) is 5.75 Å². The normalized spacial score (nSPS) is 28.2. The summed E-state index contributed by atoms with van der Waals surface area (Å²) in [6.45, 7) is 6.38. The van der Waals surface area contributed by atoms with Crippen LogP contribution in [0.15, 0.2) is 17.0 Å². The second-order valence-corrected chi connectivity index (χ2v) is 7.40. The van der Waals surface area contributed by atoms with Gasteiger partial charge in [-0.2, -0.15) is 0 Å². The standard InChI is InChI=1S/C13H20OS/c1-9-7-12(8-10(2)13(9)14)15-6-4-5-11(15)3/h7-8,11,14-15H,4-6H2,1-3H3. The largest absolute Gasteiger partial charge is 0.507 e. The van der Waals surface area contributed by atoms with E-state index in [1.807, 2.05) is 13.8 Å². The number of phenols is 1. The van der Waals surface area contributed by atoms with Crippen molar-refractivity contribution >= 4 is 10.9 Å². The molecule has 1 aromatic carbocycles. The van der Waals surface area contributed by atoms with Gasteiger partial charge in [0, 0.05) is 0 Å². The van der Waals surface area contributed by atoms with Gasteiger partial charge in [-0.15, -0.1) is 0 Å². The summed E-state index contributed by atoms with van der Waals surface area (Å²) < 4.78 is 0. The van der Waals surface area contributed by atoms with Gasteiger partial charge in [0.2, 0.25) is 0 Å². The van der Waals surface area contributed by atoms with E-state index < -0.39 is 0 Å². The lowest BCUT2D eigenvalue weighted by Gasteiger charge is -2.22. The number of hydrogen-bond acceptors (Lipinski definition) is 1. The van der Waals surface area contributed by atoms with Crippen LogP contribution in [0.2, 0.25) is 0 Å². The van der Waals surface area contributed by atoms with Crippen LogP contribution in [0.4, 0.5) is 0 Å². The topological polar surface area (TPSA) is 20.2 Å². The predicted octanol–water partition coefficient (Wildman–Crippen LogP) is 3.55. The minimum atomic E-state index is 0.0427. The molecule has 0 aromatic heterocycles. The highest BCUT2D eigenvalue weighted by Gasteiger charge is 2.22.